The third-order valence-electron chi connectivity index (χ3n) is 3.04. The van der Waals surface area contributed by atoms with E-state index in [-0.39, 0.29) is 16.5 Å². The molecule has 0 heterocycles. The van der Waals surface area contributed by atoms with E-state index in [0.29, 0.717) is 17.7 Å². The Kier molecular flexibility index (Phi) is 5.49. The van der Waals surface area contributed by atoms with Crippen LogP contribution in [0.4, 0.5) is 0 Å². The maximum absolute atomic E-state index is 12.4. The van der Waals surface area contributed by atoms with Gasteiger partial charge in [-0.1, -0.05) is 6.07 Å². The number of hydrogen-bond donors (Lipinski definition) is 2. The van der Waals surface area contributed by atoms with E-state index in [2.05, 4.69) is 4.72 Å². The maximum atomic E-state index is 12.4. The first-order chi connectivity index (χ1) is 9.54. The van der Waals surface area contributed by atoms with Crippen LogP contribution in [-0.2, 0) is 10.0 Å². The van der Waals surface area contributed by atoms with Crippen molar-refractivity contribution in [3.63, 3.8) is 0 Å². The molecule has 0 fully saturated rings. The van der Waals surface area contributed by atoms with E-state index < -0.39 is 16.0 Å². The monoisotopic (exact) mass is 314 g/mol. The number of carboxylic acids is 1. The largest absolute Gasteiger partial charge is 0.478 e. The molecule has 0 saturated heterocycles. The van der Waals surface area contributed by atoms with Gasteiger partial charge in [0.1, 0.15) is 0 Å². The van der Waals surface area contributed by atoms with Crippen molar-refractivity contribution < 1.29 is 18.3 Å². The van der Waals surface area contributed by atoms with Gasteiger partial charge < -0.3 is 10.0 Å². The quantitative estimate of drug-likeness (QED) is 0.825. The van der Waals surface area contributed by atoms with Crippen LogP contribution in [0.25, 0.3) is 0 Å². The number of carboxylic acid groups (broad SMARTS) is 1. The van der Waals surface area contributed by atoms with Crippen LogP contribution in [0.3, 0.4) is 0 Å². The summed E-state index contributed by atoms with van der Waals surface area (Å²) in [6.07, 6.45) is 0. The Morgan fingerprint density at radius 3 is 2.33 bits per heavy atom. The Morgan fingerprint density at radius 2 is 1.86 bits per heavy atom. The summed E-state index contributed by atoms with van der Waals surface area (Å²) >= 11 is 0. The Labute approximate surface area is 125 Å². The Morgan fingerprint density at radius 1 is 1.29 bits per heavy atom. The number of likely N-dealkylation sites (N-methyl/N-ethyl adjacent to an activating group) is 1. The lowest BCUT2D eigenvalue weighted by Gasteiger charge is -2.19. The van der Waals surface area contributed by atoms with Crippen molar-refractivity contribution in [2.45, 2.75) is 31.7 Å². The molecule has 0 spiro atoms. The number of hydrogen-bond acceptors (Lipinski definition) is 4. The topological polar surface area (TPSA) is 86.7 Å². The lowest BCUT2D eigenvalue weighted by atomic mass is 10.1. The molecule has 1 atom stereocenters. The average molecular weight is 314 g/mol. The molecule has 0 aliphatic rings. The van der Waals surface area contributed by atoms with Crippen molar-refractivity contribution in [3.8, 4) is 0 Å². The first-order valence-electron chi connectivity index (χ1n) is 6.56. The van der Waals surface area contributed by atoms with Crippen molar-refractivity contribution in [2.24, 2.45) is 0 Å². The van der Waals surface area contributed by atoms with Gasteiger partial charge in [-0.05, 0) is 52.1 Å². The summed E-state index contributed by atoms with van der Waals surface area (Å²) in [4.78, 5) is 13.0. The fraction of sp³-hybridized carbons (Fsp3) is 0.500. The Balaban J connectivity index is 3.19. The van der Waals surface area contributed by atoms with E-state index in [1.54, 1.807) is 26.8 Å². The summed E-state index contributed by atoms with van der Waals surface area (Å²) in [7, 11) is -0.0453. The van der Waals surface area contributed by atoms with E-state index in [1.807, 2.05) is 19.0 Å². The van der Waals surface area contributed by atoms with Gasteiger partial charge in [-0.15, -0.1) is 0 Å². The molecule has 6 nitrogen and oxygen atoms in total. The Hall–Kier alpha value is -1.44. The second-order valence-corrected chi connectivity index (χ2v) is 7.20. The molecule has 0 aliphatic heterocycles. The van der Waals surface area contributed by atoms with E-state index in [1.165, 1.54) is 6.07 Å². The smallest absolute Gasteiger partial charge is 0.335 e. The molecular weight excluding hydrogens is 292 g/mol. The Bertz CT molecular complexity index is 639. The first kappa shape index (κ1) is 17.6. The highest BCUT2D eigenvalue weighted by Crippen LogP contribution is 2.21. The van der Waals surface area contributed by atoms with Crippen molar-refractivity contribution in [1.29, 1.82) is 0 Å². The standard InChI is InChI=1S/C14H22N2O4S/c1-9-6-10(2)13(7-12(9)14(17)18)21(19,20)15-11(3)8-16(4)5/h6-7,11,15H,8H2,1-5H3,(H,17,18). The normalized spacial score (nSPS) is 13.4. The number of nitrogens with zero attached hydrogens (tertiary/aromatic N) is 1. The van der Waals surface area contributed by atoms with Crippen LogP contribution >= 0.6 is 0 Å². The SMILES string of the molecule is Cc1cc(C)c(S(=O)(=O)NC(C)CN(C)C)cc1C(=O)O. The van der Waals surface area contributed by atoms with Crippen LogP contribution in [0, 0.1) is 13.8 Å². The molecule has 1 unspecified atom stereocenters. The molecule has 0 radical (unpaired) electrons. The lowest BCUT2D eigenvalue weighted by Crippen LogP contribution is -2.39. The minimum absolute atomic E-state index is 0.00115. The van der Waals surface area contributed by atoms with Gasteiger partial charge in [0.2, 0.25) is 10.0 Å². The molecule has 118 valence electrons. The summed E-state index contributed by atoms with van der Waals surface area (Å²) in [5.74, 6) is -1.13. The number of aromatic carboxylic acids is 1. The summed E-state index contributed by atoms with van der Waals surface area (Å²) in [6.45, 7) is 5.62. The molecule has 7 heteroatoms. The van der Waals surface area contributed by atoms with Crippen LogP contribution in [0.5, 0.6) is 0 Å². The zero-order chi connectivity index (χ0) is 16.4. The van der Waals surface area contributed by atoms with Gasteiger partial charge in [0.15, 0.2) is 0 Å². The minimum atomic E-state index is -3.75. The molecule has 0 aromatic heterocycles. The zero-order valence-corrected chi connectivity index (χ0v) is 13.8. The number of rotatable bonds is 6. The molecule has 1 rings (SSSR count). The fourth-order valence-electron chi connectivity index (χ4n) is 2.27. The fourth-order valence-corrected chi connectivity index (χ4v) is 3.75. The summed E-state index contributed by atoms with van der Waals surface area (Å²) in [6, 6.07) is 2.52. The van der Waals surface area contributed by atoms with E-state index in [4.69, 9.17) is 5.11 Å². The van der Waals surface area contributed by atoms with Crippen molar-refractivity contribution in [1.82, 2.24) is 9.62 Å². The van der Waals surface area contributed by atoms with Crippen LogP contribution in [0.15, 0.2) is 17.0 Å². The molecule has 0 bridgehead atoms. The highest BCUT2D eigenvalue weighted by molar-refractivity contribution is 7.89. The number of nitrogens with one attached hydrogen (secondary N) is 1. The van der Waals surface area contributed by atoms with E-state index in [9.17, 15) is 13.2 Å². The number of benzene rings is 1. The average Bonchev–Trinajstić information content (AvgIpc) is 2.25. The van der Waals surface area contributed by atoms with Crippen molar-refractivity contribution in [2.75, 3.05) is 20.6 Å². The minimum Gasteiger partial charge on any atom is -0.478 e. The first-order valence-corrected chi connectivity index (χ1v) is 8.04. The highest BCUT2D eigenvalue weighted by atomic mass is 32.2. The molecule has 0 amide bonds. The van der Waals surface area contributed by atoms with Crippen LogP contribution in [0.1, 0.15) is 28.4 Å². The van der Waals surface area contributed by atoms with Gasteiger partial charge in [0.25, 0.3) is 0 Å². The van der Waals surface area contributed by atoms with Crippen molar-refractivity contribution in [3.05, 3.63) is 28.8 Å². The van der Waals surface area contributed by atoms with E-state index in [0.717, 1.165) is 0 Å². The third-order valence-corrected chi connectivity index (χ3v) is 4.77. The van der Waals surface area contributed by atoms with Crippen molar-refractivity contribution >= 4 is 16.0 Å². The zero-order valence-electron chi connectivity index (χ0n) is 13.0. The van der Waals surface area contributed by atoms with Gasteiger partial charge >= 0.3 is 5.97 Å². The predicted molar refractivity (Wildman–Crippen MR) is 81.2 cm³/mol. The molecule has 1 aromatic rings. The molecule has 0 aliphatic carbocycles. The van der Waals surface area contributed by atoms with Gasteiger partial charge in [0.05, 0.1) is 10.5 Å². The molecule has 0 saturated carbocycles. The van der Waals surface area contributed by atoms with Crippen LogP contribution in [-0.4, -0.2) is 51.1 Å². The highest BCUT2D eigenvalue weighted by Gasteiger charge is 2.22. The number of carbonyl (C=O) groups is 1. The lowest BCUT2D eigenvalue weighted by molar-refractivity contribution is 0.0696. The second-order valence-electron chi connectivity index (χ2n) is 5.52. The third kappa shape index (κ3) is 4.52. The summed E-state index contributed by atoms with van der Waals surface area (Å²) < 4.78 is 27.4. The van der Waals surface area contributed by atoms with Gasteiger partial charge in [-0.2, -0.15) is 0 Å². The maximum Gasteiger partial charge on any atom is 0.335 e. The van der Waals surface area contributed by atoms with Gasteiger partial charge in [-0.25, -0.2) is 17.9 Å². The molecule has 21 heavy (non-hydrogen) atoms. The van der Waals surface area contributed by atoms with Crippen LogP contribution < -0.4 is 4.72 Å². The molecule has 2 N–H and O–H groups in total. The van der Waals surface area contributed by atoms with Crippen LogP contribution in [0.2, 0.25) is 0 Å². The van der Waals surface area contributed by atoms with Gasteiger partial charge in [0, 0.05) is 12.6 Å². The second kappa shape index (κ2) is 6.55. The predicted octanol–water partition coefficient (Wildman–Crippen LogP) is 1.23. The summed E-state index contributed by atoms with van der Waals surface area (Å²) in [5.41, 5.74) is 1.07. The number of sulfonamides is 1. The van der Waals surface area contributed by atoms with Gasteiger partial charge in [-0.3, -0.25) is 0 Å². The number of aryl methyl sites for hydroxylation is 2. The summed E-state index contributed by atoms with van der Waals surface area (Å²) in [5, 5.41) is 9.13. The molecular formula is C14H22N2O4S. The van der Waals surface area contributed by atoms with E-state index >= 15 is 0 Å². The molecule has 1 aromatic carbocycles.